The summed E-state index contributed by atoms with van der Waals surface area (Å²) in [5.74, 6) is 1.28. The van der Waals surface area contributed by atoms with Gasteiger partial charge in [0, 0.05) is 41.3 Å². The van der Waals surface area contributed by atoms with Gasteiger partial charge in [0.05, 0.1) is 46.0 Å². The van der Waals surface area contributed by atoms with Gasteiger partial charge >= 0.3 is 5.97 Å². The standard InChI is InChI=1S/C30H26N4O6/c1-36-24-12-19(13-25(37-2)29(24)38-3)26-22-8-7-21(40-17-20-16-32-10-11-33-20)14-23(22)27(18-6-5-9-31-15-18)34-28(26)30(35)39-4/h5-16H,17H2,1-4H3. The fourth-order valence-electron chi connectivity index (χ4n) is 4.43. The maximum atomic E-state index is 13.2. The largest absolute Gasteiger partial charge is 0.493 e. The Morgan fingerprint density at radius 3 is 2.20 bits per heavy atom. The molecule has 3 heterocycles. The number of methoxy groups -OCH3 is 4. The Balaban J connectivity index is 1.78. The Bertz CT molecular complexity index is 1640. The maximum Gasteiger partial charge on any atom is 0.357 e. The van der Waals surface area contributed by atoms with Crippen molar-refractivity contribution < 1.29 is 28.5 Å². The van der Waals surface area contributed by atoms with Crippen molar-refractivity contribution >= 4 is 16.7 Å². The van der Waals surface area contributed by atoms with E-state index in [2.05, 4.69) is 15.0 Å². The van der Waals surface area contributed by atoms with Gasteiger partial charge < -0.3 is 23.7 Å². The molecule has 0 aliphatic carbocycles. The molecule has 10 heteroatoms. The molecule has 0 unspecified atom stereocenters. The van der Waals surface area contributed by atoms with Crippen LogP contribution in [0.25, 0.3) is 33.2 Å². The van der Waals surface area contributed by atoms with E-state index < -0.39 is 5.97 Å². The molecule has 0 bridgehead atoms. The highest BCUT2D eigenvalue weighted by Gasteiger charge is 2.25. The van der Waals surface area contributed by atoms with Crippen LogP contribution < -0.4 is 18.9 Å². The minimum atomic E-state index is -0.598. The van der Waals surface area contributed by atoms with Crippen LogP contribution in [0.2, 0.25) is 0 Å². The quantitative estimate of drug-likeness (QED) is 0.234. The van der Waals surface area contributed by atoms with Gasteiger partial charge in [-0.15, -0.1) is 0 Å². The number of benzene rings is 2. The highest BCUT2D eigenvalue weighted by atomic mass is 16.5. The molecule has 0 radical (unpaired) electrons. The normalized spacial score (nSPS) is 10.7. The third kappa shape index (κ3) is 5.06. The molecule has 10 nitrogen and oxygen atoms in total. The van der Waals surface area contributed by atoms with Crippen molar-refractivity contribution in [3.05, 3.63) is 84.8 Å². The number of rotatable bonds is 9. The van der Waals surface area contributed by atoms with Crippen LogP contribution in [-0.4, -0.2) is 54.3 Å². The Morgan fingerprint density at radius 2 is 1.57 bits per heavy atom. The van der Waals surface area contributed by atoms with E-state index in [0.717, 1.165) is 16.3 Å². The van der Waals surface area contributed by atoms with Crippen LogP contribution in [0.4, 0.5) is 0 Å². The first-order chi connectivity index (χ1) is 19.6. The molecule has 5 aromatic rings. The number of pyridine rings is 2. The number of fused-ring (bicyclic) bond motifs is 1. The average Bonchev–Trinajstić information content (AvgIpc) is 3.02. The lowest BCUT2D eigenvalue weighted by Gasteiger charge is -2.19. The van der Waals surface area contributed by atoms with Crippen molar-refractivity contribution in [3.8, 4) is 45.4 Å². The lowest BCUT2D eigenvalue weighted by molar-refractivity contribution is 0.0595. The number of aromatic nitrogens is 4. The monoisotopic (exact) mass is 538 g/mol. The number of hydrogen-bond acceptors (Lipinski definition) is 10. The van der Waals surface area contributed by atoms with E-state index in [1.165, 1.54) is 28.4 Å². The van der Waals surface area contributed by atoms with Gasteiger partial charge in [0.25, 0.3) is 0 Å². The molecule has 0 N–H and O–H groups in total. The summed E-state index contributed by atoms with van der Waals surface area (Å²) < 4.78 is 27.9. The molecule has 2 aromatic carbocycles. The lowest BCUT2D eigenvalue weighted by Crippen LogP contribution is -2.09. The number of carbonyl (C=O) groups excluding carboxylic acids is 1. The molecular weight excluding hydrogens is 512 g/mol. The second kappa shape index (κ2) is 11.6. The van der Waals surface area contributed by atoms with Crippen LogP contribution in [0, 0.1) is 0 Å². The molecule has 0 atom stereocenters. The summed E-state index contributed by atoms with van der Waals surface area (Å²) in [4.78, 5) is 30.6. The average molecular weight is 539 g/mol. The fraction of sp³-hybridized carbons (Fsp3) is 0.167. The van der Waals surface area contributed by atoms with Gasteiger partial charge in [-0.25, -0.2) is 9.78 Å². The van der Waals surface area contributed by atoms with Crippen LogP contribution >= 0.6 is 0 Å². The van der Waals surface area contributed by atoms with E-state index in [-0.39, 0.29) is 12.3 Å². The third-order valence-corrected chi connectivity index (χ3v) is 6.25. The number of ether oxygens (including phenoxy) is 5. The second-order valence-corrected chi connectivity index (χ2v) is 8.52. The number of hydrogen-bond donors (Lipinski definition) is 0. The van der Waals surface area contributed by atoms with Gasteiger partial charge in [0.15, 0.2) is 17.2 Å². The van der Waals surface area contributed by atoms with E-state index in [9.17, 15) is 4.79 Å². The van der Waals surface area contributed by atoms with Crippen LogP contribution in [0.5, 0.6) is 23.0 Å². The summed E-state index contributed by atoms with van der Waals surface area (Å²) in [7, 11) is 5.91. The van der Waals surface area contributed by atoms with Gasteiger partial charge in [-0.05, 0) is 53.4 Å². The third-order valence-electron chi connectivity index (χ3n) is 6.25. The molecule has 0 aliphatic rings. The second-order valence-electron chi connectivity index (χ2n) is 8.52. The summed E-state index contributed by atoms with van der Waals surface area (Å²) in [6, 6.07) is 12.8. The number of esters is 1. The van der Waals surface area contributed by atoms with Crippen LogP contribution in [0.15, 0.2) is 73.4 Å². The fourth-order valence-corrected chi connectivity index (χ4v) is 4.43. The zero-order chi connectivity index (χ0) is 28.1. The zero-order valence-electron chi connectivity index (χ0n) is 22.4. The van der Waals surface area contributed by atoms with Gasteiger partial charge in [-0.2, -0.15) is 0 Å². The number of nitrogens with zero attached hydrogens (tertiary/aromatic N) is 4. The smallest absolute Gasteiger partial charge is 0.357 e. The molecule has 5 rings (SSSR count). The molecule has 202 valence electrons. The highest BCUT2D eigenvalue weighted by molar-refractivity contribution is 6.11. The minimum absolute atomic E-state index is 0.122. The van der Waals surface area contributed by atoms with Crippen molar-refractivity contribution in [1.29, 1.82) is 0 Å². The summed E-state index contributed by atoms with van der Waals surface area (Å²) >= 11 is 0. The molecule has 0 fully saturated rings. The van der Waals surface area contributed by atoms with E-state index in [4.69, 9.17) is 28.7 Å². The number of carbonyl (C=O) groups is 1. The molecule has 40 heavy (non-hydrogen) atoms. The minimum Gasteiger partial charge on any atom is -0.493 e. The maximum absolute atomic E-state index is 13.2. The van der Waals surface area contributed by atoms with Crippen molar-refractivity contribution in [2.45, 2.75) is 6.61 Å². The Kier molecular flexibility index (Phi) is 7.68. The van der Waals surface area contributed by atoms with Crippen LogP contribution in [0.1, 0.15) is 16.2 Å². The summed E-state index contributed by atoms with van der Waals surface area (Å²) in [6.07, 6.45) is 8.23. The Labute approximate surface area is 230 Å². The molecule has 0 amide bonds. The Morgan fingerprint density at radius 1 is 0.800 bits per heavy atom. The molecule has 0 spiro atoms. The summed E-state index contributed by atoms with van der Waals surface area (Å²) in [5.41, 5.74) is 3.24. The van der Waals surface area contributed by atoms with Gasteiger partial charge in [-0.3, -0.25) is 15.0 Å². The first kappa shape index (κ1) is 26.4. The SMILES string of the molecule is COC(=O)c1nc(-c2cccnc2)c2cc(OCc3cnccn3)ccc2c1-c1cc(OC)c(OC)c(OC)c1. The summed E-state index contributed by atoms with van der Waals surface area (Å²) in [6.45, 7) is 0.231. The zero-order valence-corrected chi connectivity index (χ0v) is 22.4. The van der Waals surface area contributed by atoms with E-state index in [0.29, 0.717) is 45.5 Å². The predicted octanol–water partition coefficient (Wildman–Crippen LogP) is 5.15. The lowest BCUT2D eigenvalue weighted by atomic mass is 9.93. The van der Waals surface area contributed by atoms with E-state index in [1.54, 1.807) is 43.1 Å². The van der Waals surface area contributed by atoms with Crippen molar-refractivity contribution in [2.75, 3.05) is 28.4 Å². The first-order valence-electron chi connectivity index (χ1n) is 12.2. The molecule has 0 saturated heterocycles. The molecule has 3 aromatic heterocycles. The van der Waals surface area contributed by atoms with Crippen molar-refractivity contribution in [1.82, 2.24) is 19.9 Å². The van der Waals surface area contributed by atoms with Crippen LogP contribution in [-0.2, 0) is 11.3 Å². The van der Waals surface area contributed by atoms with Gasteiger partial charge in [-0.1, -0.05) is 0 Å². The predicted molar refractivity (Wildman–Crippen MR) is 148 cm³/mol. The van der Waals surface area contributed by atoms with Crippen LogP contribution in [0.3, 0.4) is 0 Å². The van der Waals surface area contributed by atoms with Crippen molar-refractivity contribution in [3.63, 3.8) is 0 Å². The van der Waals surface area contributed by atoms with E-state index >= 15 is 0 Å². The summed E-state index contributed by atoms with van der Waals surface area (Å²) in [5, 5.41) is 1.47. The highest BCUT2D eigenvalue weighted by Crippen LogP contribution is 2.45. The molecular formula is C30H26N4O6. The first-order valence-corrected chi connectivity index (χ1v) is 12.2. The Hall–Kier alpha value is -5.25. The van der Waals surface area contributed by atoms with Gasteiger partial charge in [0.1, 0.15) is 12.4 Å². The van der Waals surface area contributed by atoms with Gasteiger partial charge in [0.2, 0.25) is 5.75 Å². The van der Waals surface area contributed by atoms with E-state index in [1.807, 2.05) is 30.3 Å². The molecule has 0 aliphatic heterocycles. The molecule has 0 saturated carbocycles. The van der Waals surface area contributed by atoms with Crippen molar-refractivity contribution in [2.24, 2.45) is 0 Å². The topological polar surface area (TPSA) is 115 Å².